The molecule has 0 radical (unpaired) electrons. The average molecular weight is 198 g/mol. The second-order valence-electron chi connectivity index (χ2n) is 3.03. The van der Waals surface area contributed by atoms with Gasteiger partial charge in [-0.05, 0) is 6.42 Å². The van der Waals surface area contributed by atoms with E-state index in [-0.39, 0.29) is 6.42 Å². The SMILES string of the molecule is O=C(O)Cc1csc(N2CCC2)n1. The summed E-state index contributed by atoms with van der Waals surface area (Å²) in [7, 11) is 0. The first kappa shape index (κ1) is 8.50. The van der Waals surface area contributed by atoms with Crippen LogP contribution in [0, 0.1) is 0 Å². The minimum atomic E-state index is -0.819. The Morgan fingerprint density at radius 2 is 2.46 bits per heavy atom. The van der Waals surface area contributed by atoms with Crippen LogP contribution in [0.3, 0.4) is 0 Å². The number of hydrogen-bond acceptors (Lipinski definition) is 4. The molecule has 2 rings (SSSR count). The summed E-state index contributed by atoms with van der Waals surface area (Å²) in [6.07, 6.45) is 1.25. The summed E-state index contributed by atoms with van der Waals surface area (Å²) in [5.41, 5.74) is 0.666. The Morgan fingerprint density at radius 1 is 1.69 bits per heavy atom. The second kappa shape index (κ2) is 3.33. The third kappa shape index (κ3) is 1.80. The van der Waals surface area contributed by atoms with E-state index < -0.39 is 5.97 Å². The van der Waals surface area contributed by atoms with Crippen molar-refractivity contribution in [2.24, 2.45) is 0 Å². The van der Waals surface area contributed by atoms with E-state index >= 15 is 0 Å². The van der Waals surface area contributed by atoms with Gasteiger partial charge >= 0.3 is 5.97 Å². The molecule has 1 N–H and O–H groups in total. The van der Waals surface area contributed by atoms with Crippen LogP contribution in [0.5, 0.6) is 0 Å². The molecule has 1 fully saturated rings. The van der Waals surface area contributed by atoms with Crippen LogP contribution in [-0.2, 0) is 11.2 Å². The van der Waals surface area contributed by atoms with Gasteiger partial charge in [0.05, 0.1) is 12.1 Å². The number of carboxylic acids is 1. The number of hydrogen-bond donors (Lipinski definition) is 1. The molecule has 70 valence electrons. The van der Waals surface area contributed by atoms with Crippen molar-refractivity contribution in [1.82, 2.24) is 4.98 Å². The lowest BCUT2D eigenvalue weighted by Gasteiger charge is -2.30. The van der Waals surface area contributed by atoms with Crippen LogP contribution in [-0.4, -0.2) is 29.1 Å². The number of thiazole rings is 1. The fourth-order valence-electron chi connectivity index (χ4n) is 1.19. The topological polar surface area (TPSA) is 53.4 Å². The molecule has 1 aromatic rings. The summed E-state index contributed by atoms with van der Waals surface area (Å²) < 4.78 is 0. The molecule has 2 heterocycles. The number of aromatic nitrogens is 1. The number of carbonyl (C=O) groups is 1. The standard InChI is InChI=1S/C8H10N2O2S/c11-7(12)4-6-5-13-8(9-6)10-2-1-3-10/h5H,1-4H2,(H,11,12). The monoisotopic (exact) mass is 198 g/mol. The van der Waals surface area contributed by atoms with E-state index in [1.54, 1.807) is 0 Å². The molecular weight excluding hydrogens is 188 g/mol. The van der Waals surface area contributed by atoms with Crippen LogP contribution in [0.1, 0.15) is 12.1 Å². The van der Waals surface area contributed by atoms with Gasteiger partial charge in [0, 0.05) is 18.5 Å². The third-order valence-electron chi connectivity index (χ3n) is 2.00. The summed E-state index contributed by atoms with van der Waals surface area (Å²) in [4.78, 5) is 16.8. The molecule has 0 aliphatic carbocycles. The lowest BCUT2D eigenvalue weighted by molar-refractivity contribution is -0.136. The predicted molar refractivity (Wildman–Crippen MR) is 50.3 cm³/mol. The molecule has 0 amide bonds. The van der Waals surface area contributed by atoms with Crippen molar-refractivity contribution in [2.45, 2.75) is 12.8 Å². The molecule has 1 aliphatic heterocycles. The lowest BCUT2D eigenvalue weighted by atomic mass is 10.2. The average Bonchev–Trinajstić information content (AvgIpc) is 2.31. The summed E-state index contributed by atoms with van der Waals surface area (Å²) >= 11 is 1.53. The zero-order valence-electron chi connectivity index (χ0n) is 7.06. The van der Waals surface area contributed by atoms with Gasteiger partial charge in [0.2, 0.25) is 0 Å². The number of nitrogens with zero attached hydrogens (tertiary/aromatic N) is 2. The van der Waals surface area contributed by atoms with E-state index in [2.05, 4.69) is 9.88 Å². The number of anilines is 1. The summed E-state index contributed by atoms with van der Waals surface area (Å²) in [5, 5.41) is 11.3. The largest absolute Gasteiger partial charge is 0.481 e. The fourth-order valence-corrected chi connectivity index (χ4v) is 2.06. The second-order valence-corrected chi connectivity index (χ2v) is 3.87. The molecule has 13 heavy (non-hydrogen) atoms. The van der Waals surface area contributed by atoms with Crippen molar-refractivity contribution < 1.29 is 9.90 Å². The highest BCUT2D eigenvalue weighted by Crippen LogP contribution is 2.24. The summed E-state index contributed by atoms with van der Waals surface area (Å²) in [6, 6.07) is 0. The molecule has 0 unspecified atom stereocenters. The Balaban J connectivity index is 2.04. The van der Waals surface area contributed by atoms with Crippen molar-refractivity contribution >= 4 is 22.4 Å². The molecule has 0 atom stereocenters. The van der Waals surface area contributed by atoms with E-state index in [0.717, 1.165) is 18.2 Å². The number of aliphatic carboxylic acids is 1. The van der Waals surface area contributed by atoms with Gasteiger partial charge in [-0.25, -0.2) is 4.98 Å². The van der Waals surface area contributed by atoms with Gasteiger partial charge in [-0.15, -0.1) is 11.3 Å². The molecule has 1 aromatic heterocycles. The maximum absolute atomic E-state index is 10.4. The van der Waals surface area contributed by atoms with Crippen LogP contribution < -0.4 is 4.90 Å². The van der Waals surface area contributed by atoms with E-state index in [0.29, 0.717) is 5.69 Å². The fraction of sp³-hybridized carbons (Fsp3) is 0.500. The Bertz CT molecular complexity index is 320. The highest BCUT2D eigenvalue weighted by molar-refractivity contribution is 7.13. The summed E-state index contributed by atoms with van der Waals surface area (Å²) in [6.45, 7) is 2.11. The first-order valence-corrected chi connectivity index (χ1v) is 5.05. The Kier molecular flexibility index (Phi) is 2.18. The lowest BCUT2D eigenvalue weighted by Crippen LogP contribution is -2.36. The minimum absolute atomic E-state index is 0.0321. The normalized spacial score (nSPS) is 15.5. The van der Waals surface area contributed by atoms with Crippen LogP contribution in [0.25, 0.3) is 0 Å². The molecule has 0 spiro atoms. The quantitative estimate of drug-likeness (QED) is 0.786. The molecular formula is C8H10N2O2S. The van der Waals surface area contributed by atoms with Gasteiger partial charge in [0.15, 0.2) is 5.13 Å². The Hall–Kier alpha value is -1.10. The van der Waals surface area contributed by atoms with Gasteiger partial charge in [0.25, 0.3) is 0 Å². The third-order valence-corrected chi connectivity index (χ3v) is 2.95. The smallest absolute Gasteiger partial charge is 0.309 e. The van der Waals surface area contributed by atoms with Crippen molar-refractivity contribution in [3.8, 4) is 0 Å². The molecule has 4 nitrogen and oxygen atoms in total. The number of carboxylic acid groups (broad SMARTS) is 1. The van der Waals surface area contributed by atoms with E-state index in [1.165, 1.54) is 17.8 Å². The van der Waals surface area contributed by atoms with E-state index in [1.807, 2.05) is 5.38 Å². The van der Waals surface area contributed by atoms with Crippen molar-refractivity contribution in [2.75, 3.05) is 18.0 Å². The Morgan fingerprint density at radius 3 is 3.00 bits per heavy atom. The van der Waals surface area contributed by atoms with E-state index in [9.17, 15) is 4.79 Å². The highest BCUT2D eigenvalue weighted by atomic mass is 32.1. The predicted octanol–water partition coefficient (Wildman–Crippen LogP) is 0.980. The van der Waals surface area contributed by atoms with E-state index in [4.69, 9.17) is 5.11 Å². The molecule has 1 aliphatic rings. The van der Waals surface area contributed by atoms with Gasteiger partial charge in [-0.3, -0.25) is 4.79 Å². The molecule has 5 heteroatoms. The Labute approximate surface area is 79.8 Å². The number of rotatable bonds is 3. The highest BCUT2D eigenvalue weighted by Gasteiger charge is 2.17. The van der Waals surface area contributed by atoms with Gasteiger partial charge < -0.3 is 10.0 Å². The molecule has 0 bridgehead atoms. The molecule has 0 aromatic carbocycles. The zero-order valence-corrected chi connectivity index (χ0v) is 7.88. The van der Waals surface area contributed by atoms with Crippen LogP contribution in [0.15, 0.2) is 5.38 Å². The maximum Gasteiger partial charge on any atom is 0.309 e. The van der Waals surface area contributed by atoms with Gasteiger partial charge in [0.1, 0.15) is 0 Å². The van der Waals surface area contributed by atoms with Crippen molar-refractivity contribution in [1.29, 1.82) is 0 Å². The van der Waals surface area contributed by atoms with Crippen LogP contribution in [0.2, 0.25) is 0 Å². The van der Waals surface area contributed by atoms with Gasteiger partial charge in [-0.2, -0.15) is 0 Å². The minimum Gasteiger partial charge on any atom is -0.481 e. The van der Waals surface area contributed by atoms with Crippen molar-refractivity contribution in [3.05, 3.63) is 11.1 Å². The summed E-state index contributed by atoms with van der Waals surface area (Å²) in [5.74, 6) is -0.819. The molecule has 1 saturated heterocycles. The zero-order chi connectivity index (χ0) is 9.26. The van der Waals surface area contributed by atoms with Crippen LogP contribution in [0.4, 0.5) is 5.13 Å². The molecule has 0 saturated carbocycles. The van der Waals surface area contributed by atoms with Crippen molar-refractivity contribution in [3.63, 3.8) is 0 Å². The van der Waals surface area contributed by atoms with Crippen LogP contribution >= 0.6 is 11.3 Å². The first-order chi connectivity index (χ1) is 6.25. The van der Waals surface area contributed by atoms with Gasteiger partial charge in [-0.1, -0.05) is 0 Å². The first-order valence-electron chi connectivity index (χ1n) is 4.17. The maximum atomic E-state index is 10.4.